The zero-order valence-corrected chi connectivity index (χ0v) is 11.1. The van der Waals surface area contributed by atoms with Crippen molar-refractivity contribution in [3.8, 4) is 5.75 Å². The summed E-state index contributed by atoms with van der Waals surface area (Å²) in [5.41, 5.74) is 0. The molecule has 0 radical (unpaired) electrons. The summed E-state index contributed by atoms with van der Waals surface area (Å²) in [6.07, 6.45) is 4.16. The van der Waals surface area contributed by atoms with Gasteiger partial charge in [0.25, 0.3) is 0 Å². The molecule has 98 valence electrons. The molecule has 1 atom stereocenters. The fourth-order valence-electron chi connectivity index (χ4n) is 1.81. The number of methoxy groups -OCH3 is 1. The molecule has 0 spiro atoms. The maximum Gasteiger partial charge on any atom is 0.174 e. The Hall–Kier alpha value is -1.40. The highest BCUT2D eigenvalue weighted by molar-refractivity contribution is 7.80. The number of ether oxygens (including phenoxy) is 2. The Morgan fingerprint density at radius 3 is 3.28 bits per heavy atom. The summed E-state index contributed by atoms with van der Waals surface area (Å²) in [6, 6.07) is 3.64. The molecular weight excluding hydrogens is 250 g/mol. The average molecular weight is 267 g/mol. The van der Waals surface area contributed by atoms with Gasteiger partial charge in [-0.3, -0.25) is 0 Å². The molecule has 0 saturated carbocycles. The van der Waals surface area contributed by atoms with E-state index in [0.29, 0.717) is 16.7 Å². The summed E-state index contributed by atoms with van der Waals surface area (Å²) >= 11 is 5.20. The molecule has 5 nitrogen and oxygen atoms in total. The summed E-state index contributed by atoms with van der Waals surface area (Å²) in [6.45, 7) is 1.57. The highest BCUT2D eigenvalue weighted by Crippen LogP contribution is 2.19. The van der Waals surface area contributed by atoms with Crippen LogP contribution in [0.1, 0.15) is 12.8 Å². The van der Waals surface area contributed by atoms with Gasteiger partial charge < -0.3 is 20.1 Å². The van der Waals surface area contributed by atoms with Gasteiger partial charge in [0.15, 0.2) is 16.7 Å². The Morgan fingerprint density at radius 2 is 2.56 bits per heavy atom. The third kappa shape index (κ3) is 3.54. The van der Waals surface area contributed by atoms with Crippen LogP contribution in [0.25, 0.3) is 0 Å². The molecule has 1 aliphatic rings. The first-order valence-electron chi connectivity index (χ1n) is 5.95. The number of thiocarbonyl (C=S) groups is 1. The lowest BCUT2D eigenvalue weighted by atomic mass is 10.2. The molecule has 0 aliphatic carbocycles. The summed E-state index contributed by atoms with van der Waals surface area (Å²) in [5, 5.41) is 6.67. The molecule has 2 rings (SSSR count). The Morgan fingerprint density at radius 1 is 1.67 bits per heavy atom. The largest absolute Gasteiger partial charge is 0.493 e. The van der Waals surface area contributed by atoms with E-state index in [-0.39, 0.29) is 6.10 Å². The number of hydrogen-bond acceptors (Lipinski definition) is 4. The molecule has 1 unspecified atom stereocenters. The van der Waals surface area contributed by atoms with Crippen molar-refractivity contribution < 1.29 is 9.47 Å². The second-order valence-corrected chi connectivity index (χ2v) is 4.43. The van der Waals surface area contributed by atoms with Crippen LogP contribution in [0, 0.1) is 0 Å². The van der Waals surface area contributed by atoms with Gasteiger partial charge in [-0.1, -0.05) is 0 Å². The van der Waals surface area contributed by atoms with E-state index in [1.165, 1.54) is 0 Å². The van der Waals surface area contributed by atoms with E-state index >= 15 is 0 Å². The molecule has 1 aromatic heterocycles. The fraction of sp³-hybridized carbons (Fsp3) is 0.500. The predicted octanol–water partition coefficient (Wildman–Crippen LogP) is 1.56. The van der Waals surface area contributed by atoms with Crippen molar-refractivity contribution in [3.63, 3.8) is 0 Å². The van der Waals surface area contributed by atoms with Gasteiger partial charge in [0.2, 0.25) is 0 Å². The first-order valence-corrected chi connectivity index (χ1v) is 6.36. The van der Waals surface area contributed by atoms with Crippen molar-refractivity contribution >= 4 is 23.1 Å². The summed E-state index contributed by atoms with van der Waals surface area (Å²) < 4.78 is 10.7. The van der Waals surface area contributed by atoms with Crippen molar-refractivity contribution in [2.75, 3.05) is 25.6 Å². The Labute approximate surface area is 112 Å². The van der Waals surface area contributed by atoms with Crippen LogP contribution in [0.5, 0.6) is 5.75 Å². The lowest BCUT2D eigenvalue weighted by Crippen LogP contribution is -2.35. The Kier molecular flexibility index (Phi) is 4.72. The van der Waals surface area contributed by atoms with Crippen molar-refractivity contribution in [2.24, 2.45) is 0 Å². The zero-order chi connectivity index (χ0) is 12.8. The third-order valence-electron chi connectivity index (χ3n) is 2.74. The van der Waals surface area contributed by atoms with Crippen LogP contribution >= 0.6 is 12.2 Å². The van der Waals surface area contributed by atoms with E-state index < -0.39 is 0 Å². The molecule has 2 heterocycles. The summed E-state index contributed by atoms with van der Waals surface area (Å²) in [5.74, 6) is 1.28. The topological polar surface area (TPSA) is 55.4 Å². The van der Waals surface area contributed by atoms with Crippen LogP contribution < -0.4 is 15.4 Å². The molecule has 0 amide bonds. The maximum atomic E-state index is 5.51. The zero-order valence-electron chi connectivity index (χ0n) is 10.3. The molecule has 1 saturated heterocycles. The monoisotopic (exact) mass is 267 g/mol. The van der Waals surface area contributed by atoms with Crippen molar-refractivity contribution in [3.05, 3.63) is 18.3 Å². The van der Waals surface area contributed by atoms with Crippen LogP contribution in [0.3, 0.4) is 0 Å². The Balaban J connectivity index is 1.82. The number of aromatic nitrogens is 1. The molecule has 0 bridgehead atoms. The van der Waals surface area contributed by atoms with Gasteiger partial charge >= 0.3 is 0 Å². The van der Waals surface area contributed by atoms with E-state index in [1.807, 2.05) is 12.1 Å². The normalized spacial score (nSPS) is 18.4. The predicted molar refractivity (Wildman–Crippen MR) is 74.0 cm³/mol. The number of anilines is 1. The maximum absolute atomic E-state index is 5.51. The highest BCUT2D eigenvalue weighted by Gasteiger charge is 2.15. The number of hydrogen-bond donors (Lipinski definition) is 2. The van der Waals surface area contributed by atoms with Crippen LogP contribution in [0.4, 0.5) is 5.82 Å². The number of rotatable bonds is 4. The van der Waals surface area contributed by atoms with Crippen LogP contribution in [-0.2, 0) is 4.74 Å². The van der Waals surface area contributed by atoms with Gasteiger partial charge in [-0.25, -0.2) is 4.98 Å². The summed E-state index contributed by atoms with van der Waals surface area (Å²) in [4.78, 5) is 4.17. The van der Waals surface area contributed by atoms with Crippen molar-refractivity contribution in [1.82, 2.24) is 10.3 Å². The molecule has 1 aliphatic heterocycles. The SMILES string of the molecule is COc1cccnc1NC(=S)NCC1CCCO1. The average Bonchev–Trinajstić information content (AvgIpc) is 2.90. The van der Waals surface area contributed by atoms with Crippen LogP contribution in [0.15, 0.2) is 18.3 Å². The molecule has 1 aromatic rings. The van der Waals surface area contributed by atoms with Gasteiger partial charge in [0.05, 0.1) is 13.2 Å². The van der Waals surface area contributed by atoms with Gasteiger partial charge in [-0.15, -0.1) is 0 Å². The minimum absolute atomic E-state index is 0.260. The number of nitrogens with one attached hydrogen (secondary N) is 2. The van der Waals surface area contributed by atoms with Gasteiger partial charge in [0, 0.05) is 19.3 Å². The number of pyridine rings is 1. The molecule has 0 aromatic carbocycles. The minimum atomic E-state index is 0.260. The first kappa shape index (κ1) is 13.0. The fourth-order valence-corrected chi connectivity index (χ4v) is 1.99. The molecule has 18 heavy (non-hydrogen) atoms. The Bertz CT molecular complexity index is 408. The second-order valence-electron chi connectivity index (χ2n) is 4.02. The third-order valence-corrected chi connectivity index (χ3v) is 2.98. The lowest BCUT2D eigenvalue weighted by Gasteiger charge is -2.14. The first-order chi connectivity index (χ1) is 8.79. The van der Waals surface area contributed by atoms with Gasteiger partial charge in [-0.2, -0.15) is 0 Å². The van der Waals surface area contributed by atoms with Crippen LogP contribution in [-0.4, -0.2) is 36.5 Å². The number of nitrogens with zero attached hydrogens (tertiary/aromatic N) is 1. The van der Waals surface area contributed by atoms with E-state index in [2.05, 4.69) is 15.6 Å². The van der Waals surface area contributed by atoms with E-state index in [9.17, 15) is 0 Å². The van der Waals surface area contributed by atoms with E-state index in [0.717, 1.165) is 26.0 Å². The quantitative estimate of drug-likeness (QED) is 0.807. The molecule has 6 heteroatoms. The van der Waals surface area contributed by atoms with Crippen molar-refractivity contribution in [1.29, 1.82) is 0 Å². The van der Waals surface area contributed by atoms with Gasteiger partial charge in [-0.05, 0) is 37.2 Å². The summed E-state index contributed by atoms with van der Waals surface area (Å²) in [7, 11) is 1.60. The lowest BCUT2D eigenvalue weighted by molar-refractivity contribution is 0.114. The molecule has 2 N–H and O–H groups in total. The molecular formula is C12H17N3O2S. The highest BCUT2D eigenvalue weighted by atomic mass is 32.1. The minimum Gasteiger partial charge on any atom is -0.493 e. The van der Waals surface area contributed by atoms with E-state index in [1.54, 1.807) is 13.3 Å². The molecule has 1 fully saturated rings. The van der Waals surface area contributed by atoms with Crippen molar-refractivity contribution in [2.45, 2.75) is 18.9 Å². The van der Waals surface area contributed by atoms with Crippen LogP contribution in [0.2, 0.25) is 0 Å². The standard InChI is InChI=1S/C12H17N3O2S/c1-16-10-5-2-6-13-11(10)15-12(18)14-8-9-4-3-7-17-9/h2,5-6,9H,3-4,7-8H2,1H3,(H2,13,14,15,18). The van der Waals surface area contributed by atoms with Gasteiger partial charge in [0.1, 0.15) is 0 Å². The smallest absolute Gasteiger partial charge is 0.174 e. The van der Waals surface area contributed by atoms with E-state index in [4.69, 9.17) is 21.7 Å². The second kappa shape index (κ2) is 6.51.